The Morgan fingerprint density at radius 1 is 1.50 bits per heavy atom. The van der Waals surface area contributed by atoms with E-state index in [1.165, 1.54) is 19.3 Å². The summed E-state index contributed by atoms with van der Waals surface area (Å²) in [5.41, 5.74) is 0.238. The van der Waals surface area contributed by atoms with Gasteiger partial charge in [-0.15, -0.1) is 0 Å². The first-order valence-electron chi connectivity index (χ1n) is 4.72. The van der Waals surface area contributed by atoms with Crippen molar-refractivity contribution in [3.63, 3.8) is 0 Å². The minimum atomic E-state index is 0.238. The zero-order chi connectivity index (χ0) is 9.03. The van der Waals surface area contributed by atoms with Gasteiger partial charge in [0.15, 0.2) is 0 Å². The molecule has 70 valence electrons. The van der Waals surface area contributed by atoms with Crippen LogP contribution in [0.5, 0.6) is 0 Å². The summed E-state index contributed by atoms with van der Waals surface area (Å²) in [4.78, 5) is 0. The van der Waals surface area contributed by atoms with Gasteiger partial charge in [0.25, 0.3) is 0 Å². The van der Waals surface area contributed by atoms with Gasteiger partial charge in [0, 0.05) is 6.61 Å². The second-order valence-electron chi connectivity index (χ2n) is 4.21. The van der Waals surface area contributed by atoms with E-state index in [0.717, 1.165) is 13.0 Å². The predicted octanol–water partition coefficient (Wildman–Crippen LogP) is 2.97. The molecule has 0 amide bonds. The maximum atomic E-state index is 5.73. The Labute approximate surface area is 80.5 Å². The van der Waals surface area contributed by atoms with Gasteiger partial charge in [-0.05, 0) is 36.5 Å². The molecule has 1 unspecified atom stereocenters. The molecule has 0 spiro atoms. The molecule has 0 aromatic carbocycles. The van der Waals surface area contributed by atoms with Gasteiger partial charge in [0.1, 0.15) is 0 Å². The van der Waals surface area contributed by atoms with Crippen LogP contribution in [0.25, 0.3) is 0 Å². The molecule has 0 aliphatic carbocycles. The van der Waals surface area contributed by atoms with Gasteiger partial charge >= 0.3 is 0 Å². The summed E-state index contributed by atoms with van der Waals surface area (Å²) in [5, 5.41) is 1.83. The first-order chi connectivity index (χ1) is 5.67. The SMILES string of the molecule is CC(C)(CC=S)C1CCCCO1. The Morgan fingerprint density at radius 2 is 2.25 bits per heavy atom. The molecule has 0 saturated carbocycles. The van der Waals surface area contributed by atoms with E-state index in [-0.39, 0.29) is 5.41 Å². The van der Waals surface area contributed by atoms with Crippen molar-refractivity contribution in [3.05, 3.63) is 0 Å². The van der Waals surface area contributed by atoms with E-state index in [0.29, 0.717) is 6.10 Å². The molecule has 12 heavy (non-hydrogen) atoms. The highest BCUT2D eigenvalue weighted by Crippen LogP contribution is 2.32. The molecular weight excluding hydrogens is 168 g/mol. The molecule has 0 N–H and O–H groups in total. The van der Waals surface area contributed by atoms with Crippen LogP contribution >= 0.6 is 12.2 Å². The molecule has 1 nitrogen and oxygen atoms in total. The highest BCUT2D eigenvalue weighted by Gasteiger charge is 2.30. The molecule has 0 aromatic rings. The second-order valence-corrected chi connectivity index (χ2v) is 4.55. The molecule has 1 heterocycles. The highest BCUT2D eigenvalue weighted by molar-refractivity contribution is 7.78. The zero-order valence-electron chi connectivity index (χ0n) is 8.01. The van der Waals surface area contributed by atoms with Crippen LogP contribution in [-0.4, -0.2) is 18.1 Å². The first-order valence-corrected chi connectivity index (χ1v) is 5.19. The van der Waals surface area contributed by atoms with Crippen LogP contribution in [0.3, 0.4) is 0 Å². The van der Waals surface area contributed by atoms with Crippen molar-refractivity contribution in [1.29, 1.82) is 0 Å². The summed E-state index contributed by atoms with van der Waals surface area (Å²) in [6, 6.07) is 0. The first kappa shape index (κ1) is 10.1. The van der Waals surface area contributed by atoms with E-state index in [2.05, 4.69) is 13.8 Å². The monoisotopic (exact) mass is 186 g/mol. The highest BCUT2D eigenvalue weighted by atomic mass is 32.1. The van der Waals surface area contributed by atoms with Crippen LogP contribution in [0, 0.1) is 5.41 Å². The van der Waals surface area contributed by atoms with E-state index in [4.69, 9.17) is 17.0 Å². The summed E-state index contributed by atoms with van der Waals surface area (Å²) in [6.07, 6.45) is 5.14. The Morgan fingerprint density at radius 3 is 2.75 bits per heavy atom. The third kappa shape index (κ3) is 2.53. The molecule has 0 radical (unpaired) electrons. The van der Waals surface area contributed by atoms with Crippen LogP contribution in [-0.2, 0) is 4.74 Å². The lowest BCUT2D eigenvalue weighted by Gasteiger charge is -2.35. The summed E-state index contributed by atoms with van der Waals surface area (Å²) in [6.45, 7) is 5.42. The minimum Gasteiger partial charge on any atom is -0.378 e. The molecule has 2 heteroatoms. The predicted molar refractivity (Wildman–Crippen MR) is 55.6 cm³/mol. The Balaban J connectivity index is 2.47. The molecule has 1 aliphatic heterocycles. The maximum Gasteiger partial charge on any atom is 0.0629 e. The summed E-state index contributed by atoms with van der Waals surface area (Å²) >= 11 is 4.89. The van der Waals surface area contributed by atoms with Crippen molar-refractivity contribution in [2.24, 2.45) is 5.41 Å². The van der Waals surface area contributed by atoms with Gasteiger partial charge in [-0.3, -0.25) is 0 Å². The fourth-order valence-electron chi connectivity index (χ4n) is 1.70. The number of hydrogen-bond donors (Lipinski definition) is 0. The average molecular weight is 186 g/mol. The van der Waals surface area contributed by atoms with E-state index in [1.54, 1.807) is 0 Å². The second kappa shape index (κ2) is 4.33. The average Bonchev–Trinajstić information content (AvgIpc) is 2.06. The minimum absolute atomic E-state index is 0.238. The number of thiocarbonyl (C=S) groups is 1. The van der Waals surface area contributed by atoms with Crippen molar-refractivity contribution in [3.8, 4) is 0 Å². The fraction of sp³-hybridized carbons (Fsp3) is 0.900. The molecule has 1 fully saturated rings. The Hall–Kier alpha value is 0.0500. The normalized spacial score (nSPS) is 25.3. The maximum absolute atomic E-state index is 5.73. The van der Waals surface area contributed by atoms with Crippen LogP contribution in [0.4, 0.5) is 0 Å². The summed E-state index contributed by atoms with van der Waals surface area (Å²) < 4.78 is 5.73. The van der Waals surface area contributed by atoms with Gasteiger partial charge in [-0.25, -0.2) is 0 Å². The smallest absolute Gasteiger partial charge is 0.0629 e. The fourth-order valence-corrected chi connectivity index (χ4v) is 2.13. The molecule has 1 saturated heterocycles. The van der Waals surface area contributed by atoms with Gasteiger partial charge in [-0.1, -0.05) is 26.1 Å². The van der Waals surface area contributed by atoms with Crippen LogP contribution in [0.1, 0.15) is 39.5 Å². The summed E-state index contributed by atoms with van der Waals surface area (Å²) in [7, 11) is 0. The van der Waals surface area contributed by atoms with Crippen LogP contribution in [0.15, 0.2) is 0 Å². The number of rotatable bonds is 3. The Kier molecular flexibility index (Phi) is 3.66. The van der Waals surface area contributed by atoms with Crippen LogP contribution in [0.2, 0.25) is 0 Å². The van der Waals surface area contributed by atoms with Crippen molar-refractivity contribution in [1.82, 2.24) is 0 Å². The molecule has 1 rings (SSSR count). The van der Waals surface area contributed by atoms with E-state index >= 15 is 0 Å². The van der Waals surface area contributed by atoms with Crippen molar-refractivity contribution >= 4 is 17.6 Å². The van der Waals surface area contributed by atoms with Crippen LogP contribution < -0.4 is 0 Å². The van der Waals surface area contributed by atoms with E-state index < -0.39 is 0 Å². The van der Waals surface area contributed by atoms with Crippen molar-refractivity contribution in [2.75, 3.05) is 6.61 Å². The lowest BCUT2D eigenvalue weighted by Crippen LogP contribution is -2.34. The molecule has 1 aliphatic rings. The molecular formula is C10H18OS. The van der Waals surface area contributed by atoms with E-state index in [1.807, 2.05) is 5.37 Å². The molecule has 0 aromatic heterocycles. The zero-order valence-corrected chi connectivity index (χ0v) is 8.82. The van der Waals surface area contributed by atoms with E-state index in [9.17, 15) is 0 Å². The molecule has 1 atom stereocenters. The third-order valence-electron chi connectivity index (χ3n) is 2.66. The largest absolute Gasteiger partial charge is 0.378 e. The Bertz CT molecular complexity index is 148. The number of hydrogen-bond acceptors (Lipinski definition) is 2. The van der Waals surface area contributed by atoms with Gasteiger partial charge in [0.05, 0.1) is 6.10 Å². The van der Waals surface area contributed by atoms with Crippen molar-refractivity contribution < 1.29 is 4.74 Å². The molecule has 0 bridgehead atoms. The van der Waals surface area contributed by atoms with Gasteiger partial charge < -0.3 is 4.74 Å². The lowest BCUT2D eigenvalue weighted by atomic mass is 9.80. The lowest BCUT2D eigenvalue weighted by molar-refractivity contribution is -0.0513. The number of ether oxygens (including phenoxy) is 1. The van der Waals surface area contributed by atoms with Gasteiger partial charge in [-0.2, -0.15) is 0 Å². The standard InChI is InChI=1S/C10H18OS/c1-10(2,6-8-12)9-5-3-4-7-11-9/h8-9H,3-7H2,1-2H3. The van der Waals surface area contributed by atoms with Crippen molar-refractivity contribution in [2.45, 2.75) is 45.6 Å². The van der Waals surface area contributed by atoms with Gasteiger partial charge in [0.2, 0.25) is 0 Å². The quantitative estimate of drug-likeness (QED) is 0.627. The third-order valence-corrected chi connectivity index (χ3v) is 2.83. The summed E-state index contributed by atoms with van der Waals surface area (Å²) in [5.74, 6) is 0. The topological polar surface area (TPSA) is 9.23 Å².